The number of benzene rings is 6. The Morgan fingerprint density at radius 1 is 0.667 bits per heavy atom. The van der Waals surface area contributed by atoms with Crippen LogP contribution in [0.4, 0.5) is 18.9 Å². The van der Waals surface area contributed by atoms with Crippen LogP contribution in [-0.4, -0.2) is 9.13 Å². The third-order valence-electron chi connectivity index (χ3n) is 9.23. The van der Waals surface area contributed by atoms with Crippen LogP contribution < -0.4 is 0 Å². The van der Waals surface area contributed by atoms with Crippen molar-refractivity contribution in [1.29, 1.82) is 5.26 Å². The smallest absolute Gasteiger partial charge is 0.308 e. The minimum absolute atomic E-state index is 0.135. The molecule has 0 atom stereocenters. The standard InChI is InChI=1S/C41H25F3N4/c1-24-10-8-16-36-38(24)30-12-4-6-14-33(30)47(36)35-19-18-29(26-20-27(41(42,43)44)22-28(21-26)46-3)40(32(35)23-45)48-34-15-7-5-13-31(34)39-25(2)11-9-17-37(39)48/h4-22H,1-2H3. The highest BCUT2D eigenvalue weighted by atomic mass is 19.4. The molecule has 4 nitrogen and oxygen atoms in total. The van der Waals surface area contributed by atoms with Crippen LogP contribution in [-0.2, 0) is 6.18 Å². The molecule has 0 aliphatic heterocycles. The molecular weight excluding hydrogens is 605 g/mol. The summed E-state index contributed by atoms with van der Waals surface area (Å²) in [6.45, 7) is 11.7. The van der Waals surface area contributed by atoms with Gasteiger partial charge in [-0.15, -0.1) is 0 Å². The maximum absolute atomic E-state index is 14.2. The summed E-state index contributed by atoms with van der Waals surface area (Å²) < 4.78 is 46.6. The van der Waals surface area contributed by atoms with E-state index >= 15 is 0 Å². The minimum Gasteiger partial charge on any atom is -0.308 e. The van der Waals surface area contributed by atoms with Gasteiger partial charge in [0.25, 0.3) is 0 Å². The molecule has 7 heteroatoms. The number of hydrogen-bond acceptors (Lipinski definition) is 1. The summed E-state index contributed by atoms with van der Waals surface area (Å²) >= 11 is 0. The molecule has 8 aromatic rings. The molecule has 0 unspecified atom stereocenters. The predicted octanol–water partition coefficient (Wildman–Crippen LogP) is 11.6. The van der Waals surface area contributed by atoms with E-state index in [0.29, 0.717) is 22.5 Å². The molecule has 2 heterocycles. The maximum atomic E-state index is 14.2. The molecule has 8 rings (SSSR count). The monoisotopic (exact) mass is 630 g/mol. The van der Waals surface area contributed by atoms with Gasteiger partial charge in [0.05, 0.1) is 40.0 Å². The summed E-state index contributed by atoms with van der Waals surface area (Å²) in [5.74, 6) is 0. The fourth-order valence-corrected chi connectivity index (χ4v) is 7.24. The number of fused-ring (bicyclic) bond motifs is 6. The van der Waals surface area contributed by atoms with Gasteiger partial charge in [-0.05, 0) is 79.1 Å². The van der Waals surface area contributed by atoms with Crippen LogP contribution in [0.5, 0.6) is 0 Å². The number of alkyl halides is 3. The Labute approximate surface area is 273 Å². The van der Waals surface area contributed by atoms with E-state index in [4.69, 9.17) is 6.57 Å². The first-order valence-electron chi connectivity index (χ1n) is 15.4. The van der Waals surface area contributed by atoms with Crippen molar-refractivity contribution in [3.05, 3.63) is 149 Å². The van der Waals surface area contributed by atoms with Crippen LogP contribution in [0.15, 0.2) is 115 Å². The Bertz CT molecular complexity index is 2710. The maximum Gasteiger partial charge on any atom is 0.415 e. The fourth-order valence-electron chi connectivity index (χ4n) is 7.24. The van der Waals surface area contributed by atoms with Gasteiger partial charge in [-0.2, -0.15) is 18.4 Å². The zero-order valence-corrected chi connectivity index (χ0v) is 25.9. The number of rotatable bonds is 3. The molecule has 0 radical (unpaired) electrons. The van der Waals surface area contributed by atoms with Crippen molar-refractivity contribution >= 4 is 49.3 Å². The third-order valence-corrected chi connectivity index (χ3v) is 9.23. The molecule has 0 amide bonds. The van der Waals surface area contributed by atoms with Crippen molar-refractivity contribution in [3.8, 4) is 28.6 Å². The van der Waals surface area contributed by atoms with Gasteiger partial charge < -0.3 is 9.13 Å². The number of aromatic nitrogens is 2. The second-order valence-corrected chi connectivity index (χ2v) is 12.0. The van der Waals surface area contributed by atoms with Crippen LogP contribution >= 0.6 is 0 Å². The van der Waals surface area contributed by atoms with Crippen LogP contribution in [0, 0.1) is 31.8 Å². The van der Waals surface area contributed by atoms with Gasteiger partial charge in [-0.25, -0.2) is 4.85 Å². The molecule has 0 bridgehead atoms. The SMILES string of the molecule is [C-]#[N+]c1cc(-c2ccc(-n3c4ccccc4c4c(C)cccc43)c(C#N)c2-n2c3ccccc3c3c(C)cccc32)cc(C(F)(F)F)c1. The summed E-state index contributed by atoms with van der Waals surface area (Å²) in [5, 5.41) is 15.2. The second kappa shape index (κ2) is 10.6. The van der Waals surface area contributed by atoms with E-state index in [2.05, 4.69) is 34.5 Å². The Morgan fingerprint density at radius 3 is 1.81 bits per heavy atom. The van der Waals surface area contributed by atoms with Gasteiger partial charge in [0, 0.05) is 32.7 Å². The third kappa shape index (κ3) is 4.22. The average Bonchev–Trinajstić information content (AvgIpc) is 3.61. The normalized spacial score (nSPS) is 11.8. The summed E-state index contributed by atoms with van der Waals surface area (Å²) in [7, 11) is 0. The molecule has 0 aliphatic rings. The van der Waals surface area contributed by atoms with Gasteiger partial charge in [-0.1, -0.05) is 66.7 Å². The summed E-state index contributed by atoms with van der Waals surface area (Å²) in [5.41, 5.74) is 6.47. The molecule has 0 fully saturated rings. The molecule has 0 aliphatic carbocycles. The first kappa shape index (κ1) is 29.1. The molecule has 0 saturated carbocycles. The molecule has 48 heavy (non-hydrogen) atoms. The Kier molecular flexibility index (Phi) is 6.44. The lowest BCUT2D eigenvalue weighted by Crippen LogP contribution is -2.08. The van der Waals surface area contributed by atoms with Crippen LogP contribution in [0.1, 0.15) is 22.3 Å². The zero-order valence-electron chi connectivity index (χ0n) is 25.9. The first-order valence-corrected chi connectivity index (χ1v) is 15.4. The number of nitriles is 1. The van der Waals surface area contributed by atoms with E-state index in [1.165, 1.54) is 6.07 Å². The molecule has 6 aromatic carbocycles. The van der Waals surface area contributed by atoms with Crippen molar-refractivity contribution in [2.75, 3.05) is 0 Å². The molecule has 230 valence electrons. The minimum atomic E-state index is -4.67. The lowest BCUT2D eigenvalue weighted by molar-refractivity contribution is -0.137. The summed E-state index contributed by atoms with van der Waals surface area (Å²) in [6, 6.07) is 37.4. The number of nitrogens with zero attached hydrogens (tertiary/aromatic N) is 4. The van der Waals surface area contributed by atoms with Gasteiger partial charge in [-0.3, -0.25) is 0 Å². The van der Waals surface area contributed by atoms with Gasteiger partial charge >= 0.3 is 6.18 Å². The lowest BCUT2D eigenvalue weighted by Gasteiger charge is -2.21. The highest BCUT2D eigenvalue weighted by molar-refractivity contribution is 6.13. The lowest BCUT2D eigenvalue weighted by atomic mass is 9.96. The van der Waals surface area contributed by atoms with E-state index in [-0.39, 0.29) is 11.3 Å². The number of hydrogen-bond donors (Lipinski definition) is 0. The number of aryl methyl sites for hydroxylation is 2. The van der Waals surface area contributed by atoms with Crippen molar-refractivity contribution in [3.63, 3.8) is 0 Å². The Morgan fingerprint density at radius 2 is 1.23 bits per heavy atom. The predicted molar refractivity (Wildman–Crippen MR) is 186 cm³/mol. The Balaban J connectivity index is 1.59. The van der Waals surface area contributed by atoms with E-state index in [0.717, 1.165) is 66.9 Å². The van der Waals surface area contributed by atoms with Crippen molar-refractivity contribution in [1.82, 2.24) is 9.13 Å². The molecular formula is C41H25F3N4. The fraction of sp³-hybridized carbons (Fsp3) is 0.0732. The Hall–Kier alpha value is -6.31. The zero-order chi connectivity index (χ0) is 33.3. The van der Waals surface area contributed by atoms with Crippen molar-refractivity contribution < 1.29 is 13.2 Å². The topological polar surface area (TPSA) is 38.0 Å². The van der Waals surface area contributed by atoms with E-state index < -0.39 is 11.7 Å². The molecule has 0 saturated heterocycles. The molecule has 0 N–H and O–H groups in total. The largest absolute Gasteiger partial charge is 0.415 e. The van der Waals surface area contributed by atoms with Crippen molar-refractivity contribution in [2.45, 2.75) is 20.0 Å². The molecule has 0 spiro atoms. The molecule has 2 aromatic heterocycles. The second-order valence-electron chi connectivity index (χ2n) is 12.0. The van der Waals surface area contributed by atoms with E-state index in [1.54, 1.807) is 6.07 Å². The van der Waals surface area contributed by atoms with Gasteiger partial charge in [0.15, 0.2) is 5.69 Å². The average molecular weight is 631 g/mol. The van der Waals surface area contributed by atoms with Crippen LogP contribution in [0.25, 0.3) is 71.0 Å². The van der Waals surface area contributed by atoms with Crippen LogP contribution in [0.3, 0.4) is 0 Å². The van der Waals surface area contributed by atoms with Gasteiger partial charge in [0.1, 0.15) is 11.6 Å². The van der Waals surface area contributed by atoms with E-state index in [1.807, 2.05) is 90.4 Å². The van der Waals surface area contributed by atoms with Gasteiger partial charge in [0.2, 0.25) is 0 Å². The van der Waals surface area contributed by atoms with Crippen LogP contribution in [0.2, 0.25) is 0 Å². The van der Waals surface area contributed by atoms with Crippen molar-refractivity contribution in [2.24, 2.45) is 0 Å². The number of halogens is 3. The highest BCUT2D eigenvalue weighted by Gasteiger charge is 2.32. The summed E-state index contributed by atoms with van der Waals surface area (Å²) in [4.78, 5) is 3.39. The number of para-hydroxylation sites is 2. The quantitative estimate of drug-likeness (QED) is 0.179. The van der Waals surface area contributed by atoms with E-state index in [9.17, 15) is 18.4 Å². The summed E-state index contributed by atoms with van der Waals surface area (Å²) in [6.07, 6.45) is -4.67. The highest BCUT2D eigenvalue weighted by Crippen LogP contribution is 2.44. The first-order chi connectivity index (χ1) is 23.2.